The first kappa shape index (κ1) is 15.8. The van der Waals surface area contributed by atoms with Gasteiger partial charge in [-0.3, -0.25) is 4.79 Å². The van der Waals surface area contributed by atoms with Gasteiger partial charge in [0.15, 0.2) is 5.13 Å². The molecular weight excluding hydrogens is 328 g/mol. The zero-order valence-electron chi connectivity index (χ0n) is 12.6. The Hall–Kier alpha value is -2.05. The number of rotatable bonds is 6. The molecule has 0 radical (unpaired) electrons. The zero-order chi connectivity index (χ0) is 16.1. The van der Waals surface area contributed by atoms with Crippen molar-refractivity contribution in [1.29, 1.82) is 0 Å². The second-order valence-electron chi connectivity index (χ2n) is 4.81. The quantitative estimate of drug-likeness (QED) is 0.672. The van der Waals surface area contributed by atoms with E-state index in [1.165, 1.54) is 16.2 Å². The molecule has 0 aliphatic rings. The average Bonchev–Trinajstić information content (AvgIpc) is 2.96. The van der Waals surface area contributed by atoms with E-state index in [4.69, 9.17) is 4.74 Å². The van der Waals surface area contributed by atoms with Crippen LogP contribution in [0.2, 0.25) is 0 Å². The smallest absolute Gasteiger partial charge is 0.226 e. The van der Waals surface area contributed by atoms with Crippen LogP contribution in [0.15, 0.2) is 53.4 Å². The first-order chi connectivity index (χ1) is 11.2. The number of ether oxygens (including phenoxy) is 1. The highest BCUT2D eigenvalue weighted by molar-refractivity contribution is 7.99. The number of carbonyl (C=O) groups excluding carboxylic acids is 1. The van der Waals surface area contributed by atoms with E-state index in [2.05, 4.69) is 10.3 Å². The van der Waals surface area contributed by atoms with Crippen molar-refractivity contribution in [2.45, 2.75) is 11.3 Å². The van der Waals surface area contributed by atoms with Crippen LogP contribution in [0, 0.1) is 0 Å². The van der Waals surface area contributed by atoms with Gasteiger partial charge < -0.3 is 10.1 Å². The first-order valence-electron chi connectivity index (χ1n) is 7.17. The Morgan fingerprint density at radius 3 is 2.87 bits per heavy atom. The molecule has 4 nitrogen and oxygen atoms in total. The number of nitrogens with one attached hydrogen (secondary N) is 1. The molecule has 3 rings (SSSR count). The van der Waals surface area contributed by atoms with E-state index < -0.39 is 0 Å². The van der Waals surface area contributed by atoms with E-state index in [-0.39, 0.29) is 5.91 Å². The van der Waals surface area contributed by atoms with E-state index >= 15 is 0 Å². The molecule has 3 aromatic rings. The highest BCUT2D eigenvalue weighted by Crippen LogP contribution is 2.29. The lowest BCUT2D eigenvalue weighted by Crippen LogP contribution is -2.11. The fraction of sp³-hybridized carbons (Fsp3) is 0.176. The van der Waals surface area contributed by atoms with Crippen LogP contribution >= 0.6 is 23.1 Å². The number of fused-ring (bicyclic) bond motifs is 1. The molecule has 0 spiro atoms. The van der Waals surface area contributed by atoms with Crippen molar-refractivity contribution in [3.8, 4) is 5.75 Å². The van der Waals surface area contributed by atoms with Gasteiger partial charge in [0, 0.05) is 17.1 Å². The van der Waals surface area contributed by atoms with Crippen LogP contribution in [0.4, 0.5) is 5.13 Å². The number of methoxy groups -OCH3 is 1. The number of hydrogen-bond acceptors (Lipinski definition) is 5. The summed E-state index contributed by atoms with van der Waals surface area (Å²) in [6.07, 6.45) is 0.457. The van der Waals surface area contributed by atoms with Crippen molar-refractivity contribution in [3.05, 3.63) is 48.5 Å². The van der Waals surface area contributed by atoms with Crippen LogP contribution in [-0.2, 0) is 4.79 Å². The third kappa shape index (κ3) is 4.24. The van der Waals surface area contributed by atoms with Gasteiger partial charge in [-0.1, -0.05) is 29.5 Å². The van der Waals surface area contributed by atoms with Crippen molar-refractivity contribution in [2.75, 3.05) is 18.2 Å². The lowest BCUT2D eigenvalue weighted by Gasteiger charge is -2.02. The monoisotopic (exact) mass is 344 g/mol. The minimum atomic E-state index is -0.0144. The minimum Gasteiger partial charge on any atom is -0.497 e. The summed E-state index contributed by atoms with van der Waals surface area (Å²) in [6.45, 7) is 0. The van der Waals surface area contributed by atoms with Crippen LogP contribution in [0.3, 0.4) is 0 Å². The molecule has 1 heterocycles. The van der Waals surface area contributed by atoms with Crippen molar-refractivity contribution < 1.29 is 9.53 Å². The lowest BCUT2D eigenvalue weighted by atomic mass is 10.3. The van der Waals surface area contributed by atoms with E-state index in [1.807, 2.05) is 48.5 Å². The molecule has 0 fully saturated rings. The number of carbonyl (C=O) groups is 1. The molecule has 2 aromatic carbocycles. The predicted octanol–water partition coefficient (Wildman–Crippen LogP) is 4.43. The number of anilines is 1. The molecule has 6 heteroatoms. The van der Waals surface area contributed by atoms with Crippen LogP contribution in [0.25, 0.3) is 10.2 Å². The van der Waals surface area contributed by atoms with E-state index in [0.29, 0.717) is 11.6 Å². The highest BCUT2D eigenvalue weighted by Gasteiger charge is 2.08. The molecule has 0 saturated heterocycles. The van der Waals surface area contributed by atoms with Crippen molar-refractivity contribution in [2.24, 2.45) is 0 Å². The Bertz CT molecular complexity index is 803. The Morgan fingerprint density at radius 2 is 2.09 bits per heavy atom. The zero-order valence-corrected chi connectivity index (χ0v) is 14.2. The minimum absolute atomic E-state index is 0.0144. The number of thioether (sulfide) groups is 1. The largest absolute Gasteiger partial charge is 0.497 e. The SMILES string of the molecule is COc1ccc2nc(NC(=O)CCSc3ccccc3)sc2c1. The van der Waals surface area contributed by atoms with E-state index in [1.54, 1.807) is 18.9 Å². The maximum absolute atomic E-state index is 12.0. The number of benzene rings is 2. The van der Waals surface area contributed by atoms with Gasteiger partial charge in [-0.05, 0) is 30.3 Å². The standard InChI is InChI=1S/C17H16N2O2S2/c1-21-12-7-8-14-15(11-12)23-17(18-14)19-16(20)9-10-22-13-5-3-2-4-6-13/h2-8,11H,9-10H2,1H3,(H,18,19,20). The summed E-state index contributed by atoms with van der Waals surface area (Å²) in [5.74, 6) is 1.52. The molecule has 0 saturated carbocycles. The Labute approximate surface area is 142 Å². The second-order valence-corrected chi connectivity index (χ2v) is 7.01. The number of nitrogens with zero attached hydrogens (tertiary/aromatic N) is 1. The van der Waals surface area contributed by atoms with Crippen molar-refractivity contribution in [3.63, 3.8) is 0 Å². The number of thiazole rings is 1. The number of hydrogen-bond donors (Lipinski definition) is 1. The number of aromatic nitrogens is 1. The summed E-state index contributed by atoms with van der Waals surface area (Å²) < 4.78 is 6.20. The van der Waals surface area contributed by atoms with E-state index in [0.717, 1.165) is 21.7 Å². The van der Waals surface area contributed by atoms with E-state index in [9.17, 15) is 4.79 Å². The fourth-order valence-electron chi connectivity index (χ4n) is 2.05. The van der Waals surface area contributed by atoms with Crippen molar-refractivity contribution in [1.82, 2.24) is 4.98 Å². The topological polar surface area (TPSA) is 51.2 Å². The van der Waals surface area contributed by atoms with Gasteiger partial charge in [-0.15, -0.1) is 11.8 Å². The van der Waals surface area contributed by atoms with Crippen LogP contribution in [0.5, 0.6) is 5.75 Å². The van der Waals surface area contributed by atoms with Gasteiger partial charge in [0.1, 0.15) is 5.75 Å². The molecule has 0 atom stereocenters. The maximum atomic E-state index is 12.0. The molecule has 0 bridgehead atoms. The van der Waals surface area contributed by atoms with Gasteiger partial charge in [-0.25, -0.2) is 4.98 Å². The molecule has 23 heavy (non-hydrogen) atoms. The predicted molar refractivity (Wildman–Crippen MR) is 96.6 cm³/mol. The molecular formula is C17H16N2O2S2. The molecule has 1 N–H and O–H groups in total. The molecule has 1 aromatic heterocycles. The molecule has 0 aliphatic heterocycles. The Morgan fingerprint density at radius 1 is 1.26 bits per heavy atom. The summed E-state index contributed by atoms with van der Waals surface area (Å²) in [7, 11) is 1.63. The first-order valence-corrected chi connectivity index (χ1v) is 8.97. The normalized spacial score (nSPS) is 10.7. The van der Waals surface area contributed by atoms with Crippen molar-refractivity contribution >= 4 is 44.4 Å². The summed E-state index contributed by atoms with van der Waals surface area (Å²) >= 11 is 3.13. The van der Waals surface area contributed by atoms with Gasteiger partial charge in [0.2, 0.25) is 5.91 Å². The fourth-order valence-corrected chi connectivity index (χ4v) is 3.83. The highest BCUT2D eigenvalue weighted by atomic mass is 32.2. The Balaban J connectivity index is 1.55. The van der Waals surface area contributed by atoms with Gasteiger partial charge in [0.25, 0.3) is 0 Å². The molecule has 0 unspecified atom stereocenters. The van der Waals surface area contributed by atoms with Crippen LogP contribution in [0.1, 0.15) is 6.42 Å². The average molecular weight is 344 g/mol. The Kier molecular flexibility index (Phi) is 5.15. The van der Waals surface area contributed by atoms with Crippen LogP contribution < -0.4 is 10.1 Å². The summed E-state index contributed by atoms with van der Waals surface area (Å²) in [5.41, 5.74) is 0.866. The number of amides is 1. The molecule has 1 amide bonds. The summed E-state index contributed by atoms with van der Waals surface area (Å²) in [6, 6.07) is 15.8. The second kappa shape index (κ2) is 7.48. The third-order valence-electron chi connectivity index (χ3n) is 3.18. The summed E-state index contributed by atoms with van der Waals surface area (Å²) in [5, 5.41) is 3.50. The molecule has 118 valence electrons. The summed E-state index contributed by atoms with van der Waals surface area (Å²) in [4.78, 5) is 17.6. The van der Waals surface area contributed by atoms with Gasteiger partial charge >= 0.3 is 0 Å². The van der Waals surface area contributed by atoms with Gasteiger partial charge in [0.05, 0.1) is 17.3 Å². The maximum Gasteiger partial charge on any atom is 0.226 e. The lowest BCUT2D eigenvalue weighted by molar-refractivity contribution is -0.115. The van der Waals surface area contributed by atoms with Gasteiger partial charge in [-0.2, -0.15) is 0 Å². The third-order valence-corrected chi connectivity index (χ3v) is 5.13. The van der Waals surface area contributed by atoms with Crippen LogP contribution in [-0.4, -0.2) is 23.8 Å². The molecule has 0 aliphatic carbocycles.